The van der Waals surface area contributed by atoms with Crippen LogP contribution in [0.5, 0.6) is 0 Å². The van der Waals surface area contributed by atoms with E-state index in [1.165, 1.54) is 0 Å². The molecule has 130 valence electrons. The molecule has 2 saturated heterocycles. The summed E-state index contributed by atoms with van der Waals surface area (Å²) in [5.41, 5.74) is 1.71. The molecule has 1 aromatic rings. The van der Waals surface area contributed by atoms with Gasteiger partial charge in [-0.15, -0.1) is 0 Å². The van der Waals surface area contributed by atoms with E-state index in [1.807, 2.05) is 31.2 Å². The smallest absolute Gasteiger partial charge is 0.251 e. The Morgan fingerprint density at radius 1 is 1.21 bits per heavy atom. The number of nitrogens with one attached hydrogen (secondary N) is 2. The first-order valence-corrected chi connectivity index (χ1v) is 8.66. The van der Waals surface area contributed by atoms with Crippen LogP contribution in [0.3, 0.4) is 0 Å². The molecule has 2 aliphatic rings. The topological polar surface area (TPSA) is 81.7 Å². The third-order valence-electron chi connectivity index (χ3n) is 4.95. The molecule has 6 nitrogen and oxygen atoms in total. The number of benzene rings is 1. The van der Waals surface area contributed by atoms with Gasteiger partial charge in [0.2, 0.25) is 5.91 Å². The minimum Gasteiger partial charge on any atom is -0.393 e. The highest BCUT2D eigenvalue weighted by atomic mass is 16.3. The fourth-order valence-corrected chi connectivity index (χ4v) is 3.36. The Bertz CT molecular complexity index is 594. The molecule has 3 rings (SSSR count). The number of hydrogen-bond donors (Lipinski definition) is 3. The minimum absolute atomic E-state index is 0.0292. The zero-order valence-corrected chi connectivity index (χ0v) is 14.0. The Balaban J connectivity index is 1.58. The van der Waals surface area contributed by atoms with Crippen LogP contribution in [0.25, 0.3) is 0 Å². The molecule has 3 N–H and O–H groups in total. The monoisotopic (exact) mass is 331 g/mol. The van der Waals surface area contributed by atoms with Crippen molar-refractivity contribution in [3.8, 4) is 0 Å². The second-order valence-electron chi connectivity index (χ2n) is 6.74. The van der Waals surface area contributed by atoms with Crippen LogP contribution in [-0.2, 0) is 4.79 Å². The van der Waals surface area contributed by atoms with Crippen LogP contribution in [-0.4, -0.2) is 48.2 Å². The fourth-order valence-electron chi connectivity index (χ4n) is 3.36. The lowest BCUT2D eigenvalue weighted by Gasteiger charge is -2.31. The van der Waals surface area contributed by atoms with Crippen LogP contribution in [0.1, 0.15) is 43.0 Å². The van der Waals surface area contributed by atoms with Gasteiger partial charge in [0.05, 0.1) is 6.10 Å². The van der Waals surface area contributed by atoms with E-state index in [9.17, 15) is 14.7 Å². The quantitative estimate of drug-likeness (QED) is 0.773. The van der Waals surface area contributed by atoms with Gasteiger partial charge in [-0.2, -0.15) is 0 Å². The minimum atomic E-state index is -0.190. The maximum Gasteiger partial charge on any atom is 0.251 e. The highest BCUT2D eigenvalue weighted by Crippen LogP contribution is 2.21. The van der Waals surface area contributed by atoms with E-state index in [0.717, 1.165) is 31.6 Å². The summed E-state index contributed by atoms with van der Waals surface area (Å²) in [6.07, 6.45) is 2.51. The summed E-state index contributed by atoms with van der Waals surface area (Å²) >= 11 is 0. The van der Waals surface area contributed by atoms with Crippen LogP contribution in [0.15, 0.2) is 24.3 Å². The number of carbonyl (C=O) groups excluding carboxylic acids is 2. The van der Waals surface area contributed by atoms with Crippen LogP contribution in [0, 0.1) is 0 Å². The van der Waals surface area contributed by atoms with Gasteiger partial charge in [0, 0.05) is 42.8 Å². The molecule has 2 unspecified atom stereocenters. The van der Waals surface area contributed by atoms with E-state index in [0.29, 0.717) is 18.4 Å². The molecule has 0 radical (unpaired) electrons. The van der Waals surface area contributed by atoms with Crippen molar-refractivity contribution in [3.63, 3.8) is 0 Å². The lowest BCUT2D eigenvalue weighted by atomic mass is 9.99. The number of nitrogens with zero attached hydrogens (tertiary/aromatic N) is 1. The first kappa shape index (κ1) is 16.8. The highest BCUT2D eigenvalue weighted by molar-refractivity contribution is 5.95. The number of hydrogen-bond acceptors (Lipinski definition) is 4. The zero-order valence-electron chi connectivity index (χ0n) is 14.0. The van der Waals surface area contributed by atoms with Crippen molar-refractivity contribution >= 4 is 17.5 Å². The summed E-state index contributed by atoms with van der Waals surface area (Å²) in [4.78, 5) is 26.0. The Morgan fingerprint density at radius 2 is 1.88 bits per heavy atom. The average molecular weight is 331 g/mol. The lowest BCUT2D eigenvalue weighted by molar-refractivity contribution is -0.123. The highest BCUT2D eigenvalue weighted by Gasteiger charge is 2.26. The molecule has 24 heavy (non-hydrogen) atoms. The Morgan fingerprint density at radius 3 is 2.50 bits per heavy atom. The summed E-state index contributed by atoms with van der Waals surface area (Å²) in [7, 11) is 0. The van der Waals surface area contributed by atoms with Gasteiger partial charge in [-0.05, 0) is 50.5 Å². The number of aliphatic hydroxyl groups is 1. The number of rotatable bonds is 3. The maximum absolute atomic E-state index is 12.4. The molecular formula is C18H25N3O3. The summed E-state index contributed by atoms with van der Waals surface area (Å²) in [6.45, 7) is 3.59. The molecule has 0 bridgehead atoms. The molecule has 0 spiro atoms. The van der Waals surface area contributed by atoms with Crippen LogP contribution in [0.2, 0.25) is 0 Å². The van der Waals surface area contributed by atoms with Crippen molar-refractivity contribution in [1.82, 2.24) is 10.6 Å². The van der Waals surface area contributed by atoms with Crippen molar-refractivity contribution in [2.24, 2.45) is 0 Å². The first-order chi connectivity index (χ1) is 11.5. The predicted molar refractivity (Wildman–Crippen MR) is 92.0 cm³/mol. The van der Waals surface area contributed by atoms with Gasteiger partial charge in [0.15, 0.2) is 0 Å². The number of carbonyl (C=O) groups is 2. The molecule has 2 atom stereocenters. The zero-order chi connectivity index (χ0) is 17.1. The molecule has 0 saturated carbocycles. The normalized spacial score (nSPS) is 25.2. The molecule has 6 heteroatoms. The molecular weight excluding hydrogens is 306 g/mol. The molecule has 2 fully saturated rings. The molecule has 2 amide bonds. The third-order valence-corrected chi connectivity index (χ3v) is 4.95. The van der Waals surface area contributed by atoms with E-state index < -0.39 is 0 Å². The number of piperidine rings is 2. The van der Waals surface area contributed by atoms with E-state index in [4.69, 9.17) is 0 Å². The third kappa shape index (κ3) is 3.87. The van der Waals surface area contributed by atoms with Crippen LogP contribution >= 0.6 is 0 Å². The van der Waals surface area contributed by atoms with Crippen molar-refractivity contribution in [2.75, 3.05) is 18.0 Å². The van der Waals surface area contributed by atoms with Crippen molar-refractivity contribution in [3.05, 3.63) is 29.8 Å². The maximum atomic E-state index is 12.4. The van der Waals surface area contributed by atoms with Gasteiger partial charge in [-0.3, -0.25) is 9.59 Å². The molecule has 0 aromatic heterocycles. The van der Waals surface area contributed by atoms with E-state index >= 15 is 0 Å². The summed E-state index contributed by atoms with van der Waals surface area (Å²) < 4.78 is 0. The van der Waals surface area contributed by atoms with Crippen molar-refractivity contribution in [2.45, 2.75) is 50.8 Å². The molecule has 0 aliphatic carbocycles. The van der Waals surface area contributed by atoms with Gasteiger partial charge in [-0.1, -0.05) is 0 Å². The van der Waals surface area contributed by atoms with Gasteiger partial charge in [-0.25, -0.2) is 0 Å². The second-order valence-corrected chi connectivity index (χ2v) is 6.74. The van der Waals surface area contributed by atoms with Crippen molar-refractivity contribution < 1.29 is 14.7 Å². The molecule has 1 aromatic carbocycles. The Kier molecular flexibility index (Phi) is 5.04. The lowest BCUT2D eigenvalue weighted by Crippen LogP contribution is -2.53. The van der Waals surface area contributed by atoms with Crippen molar-refractivity contribution in [1.29, 1.82) is 0 Å². The van der Waals surface area contributed by atoms with E-state index in [2.05, 4.69) is 15.5 Å². The SMILES string of the molecule is CC1NC(=O)CCC1NC(=O)c1ccc(N2CCC(O)CC2)cc1. The van der Waals surface area contributed by atoms with Gasteiger partial charge < -0.3 is 20.6 Å². The Hall–Kier alpha value is -2.08. The number of aliphatic hydroxyl groups excluding tert-OH is 1. The number of anilines is 1. The van der Waals surface area contributed by atoms with E-state index in [1.54, 1.807) is 0 Å². The van der Waals surface area contributed by atoms with Crippen LogP contribution in [0.4, 0.5) is 5.69 Å². The molecule has 2 heterocycles. The summed E-state index contributed by atoms with van der Waals surface area (Å²) in [6, 6.07) is 7.51. The van der Waals surface area contributed by atoms with E-state index in [-0.39, 0.29) is 30.0 Å². The number of amides is 2. The average Bonchev–Trinajstić information content (AvgIpc) is 2.58. The summed E-state index contributed by atoms with van der Waals surface area (Å²) in [5.74, 6) is -0.0624. The van der Waals surface area contributed by atoms with Gasteiger partial charge >= 0.3 is 0 Å². The van der Waals surface area contributed by atoms with Gasteiger partial charge in [0.1, 0.15) is 0 Å². The first-order valence-electron chi connectivity index (χ1n) is 8.66. The van der Waals surface area contributed by atoms with Crippen LogP contribution < -0.4 is 15.5 Å². The Labute approximate surface area is 142 Å². The molecule has 2 aliphatic heterocycles. The fraction of sp³-hybridized carbons (Fsp3) is 0.556. The summed E-state index contributed by atoms with van der Waals surface area (Å²) in [5, 5.41) is 15.4. The second kappa shape index (κ2) is 7.21. The standard InChI is InChI=1S/C18H25N3O3/c1-12-16(6-7-17(23)19-12)20-18(24)13-2-4-14(5-3-13)21-10-8-15(22)9-11-21/h2-5,12,15-16,22H,6-11H2,1H3,(H,19,23)(H,20,24). The van der Waals surface area contributed by atoms with Gasteiger partial charge in [0.25, 0.3) is 5.91 Å². The predicted octanol–water partition coefficient (Wildman–Crippen LogP) is 1.04. The largest absolute Gasteiger partial charge is 0.393 e.